The van der Waals surface area contributed by atoms with Crippen LogP contribution < -0.4 is 18.9 Å². The topological polar surface area (TPSA) is 64.6 Å². The maximum Gasteiger partial charge on any atom is 0.119 e. The van der Waals surface area contributed by atoms with Gasteiger partial charge in [0.2, 0.25) is 0 Å². The van der Waals surface area contributed by atoms with E-state index in [9.17, 15) is 0 Å². The van der Waals surface area contributed by atoms with Gasteiger partial charge < -0.3 is 33.2 Å². The van der Waals surface area contributed by atoms with Crippen LogP contribution in [0.1, 0.15) is 244 Å². The largest absolute Gasteiger partial charge is 0.494 e. The fourth-order valence-electron chi connectivity index (χ4n) is 11.7. The van der Waals surface area contributed by atoms with E-state index in [1.807, 2.05) is 0 Å². The minimum Gasteiger partial charge on any atom is -0.494 e. The summed E-state index contributed by atoms with van der Waals surface area (Å²) in [6.07, 6.45) is 41.3. The Bertz CT molecular complexity index is 2480. The first-order valence-corrected chi connectivity index (χ1v) is 36.0. The van der Waals surface area contributed by atoms with Crippen LogP contribution in [-0.4, -0.2) is 52.9 Å². The standard InChI is InChI=1S/C82H118O7/c1-5-9-13-17-21-25-29-33-57-86-77-47-37-69(38-48-77)73-45-55-81(71-41-51-79(52-42-71)88-59-35-31-27-23-19-15-11-7-3)75(65-73)67-84-63-61-83-62-64-85-68-76-66-74(70-39-49-78(50-40-70)87-58-34-30-26-22-18-14-10-6-2)46-56-82(76)72-43-53-80(54-44-72)89-60-36-32-28-24-20-16-12-8-4/h37-56,65-66H,5-36,57-64,67-68H2,1-4H3. The lowest BCUT2D eigenvalue weighted by Crippen LogP contribution is -2.10. The Morgan fingerprint density at radius 2 is 0.427 bits per heavy atom. The highest BCUT2D eigenvalue weighted by Crippen LogP contribution is 2.34. The first-order valence-electron chi connectivity index (χ1n) is 36.0. The highest BCUT2D eigenvalue weighted by Gasteiger charge is 2.13. The van der Waals surface area contributed by atoms with Crippen molar-refractivity contribution in [2.75, 3.05) is 52.9 Å². The van der Waals surface area contributed by atoms with Crippen LogP contribution in [0.15, 0.2) is 133 Å². The van der Waals surface area contributed by atoms with Gasteiger partial charge in [-0.05, 0) is 142 Å². The molecule has 0 heterocycles. The van der Waals surface area contributed by atoms with Crippen LogP contribution in [0.5, 0.6) is 23.0 Å². The van der Waals surface area contributed by atoms with Crippen LogP contribution in [0.2, 0.25) is 0 Å². The molecular formula is C82H118O7. The maximum absolute atomic E-state index is 6.41. The highest BCUT2D eigenvalue weighted by molar-refractivity contribution is 5.75. The summed E-state index contributed by atoms with van der Waals surface area (Å²) < 4.78 is 43.7. The van der Waals surface area contributed by atoms with E-state index >= 15 is 0 Å². The predicted octanol–water partition coefficient (Wildman–Crippen LogP) is 24.2. The van der Waals surface area contributed by atoms with Crippen LogP contribution in [-0.2, 0) is 27.4 Å². The zero-order valence-electron chi connectivity index (χ0n) is 56.3. The van der Waals surface area contributed by atoms with Gasteiger partial charge in [0, 0.05) is 0 Å². The fourth-order valence-corrected chi connectivity index (χ4v) is 11.7. The third-order valence-electron chi connectivity index (χ3n) is 17.2. The predicted molar refractivity (Wildman–Crippen MR) is 377 cm³/mol. The summed E-state index contributed by atoms with van der Waals surface area (Å²) in [5.41, 5.74) is 11.5. The van der Waals surface area contributed by atoms with Crippen LogP contribution >= 0.6 is 0 Å². The molecule has 0 atom stereocenters. The van der Waals surface area contributed by atoms with Gasteiger partial charge in [-0.15, -0.1) is 0 Å². The quantitative estimate of drug-likeness (QED) is 0.0353. The molecule has 89 heavy (non-hydrogen) atoms. The average Bonchev–Trinajstić information content (AvgIpc) is 3.74. The minimum atomic E-state index is 0.458. The van der Waals surface area contributed by atoms with Crippen LogP contribution in [0.4, 0.5) is 0 Å². The van der Waals surface area contributed by atoms with Crippen molar-refractivity contribution in [2.24, 2.45) is 0 Å². The lowest BCUT2D eigenvalue weighted by atomic mass is 9.95. The number of rotatable bonds is 54. The zero-order valence-corrected chi connectivity index (χ0v) is 56.3. The molecule has 488 valence electrons. The Morgan fingerprint density at radius 1 is 0.202 bits per heavy atom. The summed E-state index contributed by atoms with van der Waals surface area (Å²) in [7, 11) is 0. The molecule has 0 N–H and O–H groups in total. The Labute approximate surface area is 541 Å². The molecule has 0 unspecified atom stereocenters. The molecule has 0 aliphatic carbocycles. The normalized spacial score (nSPS) is 11.4. The van der Waals surface area contributed by atoms with Crippen molar-refractivity contribution in [3.05, 3.63) is 145 Å². The molecule has 7 heteroatoms. The van der Waals surface area contributed by atoms with Crippen molar-refractivity contribution in [3.63, 3.8) is 0 Å². The summed E-state index contributed by atoms with van der Waals surface area (Å²) in [5.74, 6) is 3.69. The van der Waals surface area contributed by atoms with Gasteiger partial charge in [0.25, 0.3) is 0 Å². The van der Waals surface area contributed by atoms with Crippen molar-refractivity contribution in [1.29, 1.82) is 0 Å². The SMILES string of the molecule is CCCCCCCCCCOc1ccc(-c2ccc(-c3ccc(OCCCCCCCCCC)cc3)c(COCCOCCOCc3cc(-c4ccc(OCCCCCCCCCC)cc4)ccc3-c3ccc(OCCCCCCCCCC)cc3)c2)cc1. The number of benzene rings is 6. The van der Waals surface area contributed by atoms with E-state index in [0.29, 0.717) is 39.6 Å². The smallest absolute Gasteiger partial charge is 0.119 e. The second-order valence-corrected chi connectivity index (χ2v) is 24.9. The molecule has 0 aromatic heterocycles. The van der Waals surface area contributed by atoms with E-state index in [4.69, 9.17) is 33.2 Å². The van der Waals surface area contributed by atoms with Crippen molar-refractivity contribution >= 4 is 0 Å². The van der Waals surface area contributed by atoms with Crippen LogP contribution in [0, 0.1) is 0 Å². The first kappa shape index (κ1) is 72.5. The Balaban J connectivity index is 1.01. The van der Waals surface area contributed by atoms with Crippen molar-refractivity contribution < 1.29 is 33.2 Å². The van der Waals surface area contributed by atoms with Gasteiger partial charge in [0.05, 0.1) is 66.1 Å². The molecule has 0 saturated carbocycles. The Kier molecular flexibility index (Phi) is 38.5. The lowest BCUT2D eigenvalue weighted by molar-refractivity contribution is 0.00718. The number of hydrogen-bond acceptors (Lipinski definition) is 7. The van der Waals surface area contributed by atoms with Crippen molar-refractivity contribution in [3.8, 4) is 67.5 Å². The molecule has 0 amide bonds. The molecule has 0 fully saturated rings. The number of unbranched alkanes of at least 4 members (excludes halogenated alkanes) is 28. The van der Waals surface area contributed by atoms with Gasteiger partial charge in [-0.1, -0.05) is 280 Å². The summed E-state index contributed by atoms with van der Waals surface area (Å²) in [4.78, 5) is 0. The summed E-state index contributed by atoms with van der Waals surface area (Å²) in [6.45, 7) is 14.9. The molecule has 0 spiro atoms. The van der Waals surface area contributed by atoms with Gasteiger partial charge >= 0.3 is 0 Å². The molecule has 0 saturated heterocycles. The lowest BCUT2D eigenvalue weighted by Gasteiger charge is -2.15. The van der Waals surface area contributed by atoms with Gasteiger partial charge in [0.15, 0.2) is 0 Å². The van der Waals surface area contributed by atoms with Gasteiger partial charge in [-0.3, -0.25) is 0 Å². The Hall–Kier alpha value is -5.60. The van der Waals surface area contributed by atoms with Gasteiger partial charge in [-0.25, -0.2) is 0 Å². The molecule has 0 aliphatic rings. The van der Waals surface area contributed by atoms with E-state index in [-0.39, 0.29) is 0 Å². The summed E-state index contributed by atoms with van der Waals surface area (Å²) in [6, 6.07) is 47.8. The number of ether oxygens (including phenoxy) is 7. The highest BCUT2D eigenvalue weighted by atomic mass is 16.5. The monoisotopic (exact) mass is 1210 g/mol. The van der Waals surface area contributed by atoms with Crippen LogP contribution in [0.25, 0.3) is 44.5 Å². The van der Waals surface area contributed by atoms with Crippen molar-refractivity contribution in [2.45, 2.75) is 246 Å². The molecule has 6 aromatic carbocycles. The first-order chi connectivity index (χ1) is 44.1. The fraction of sp³-hybridized carbons (Fsp3) is 0.561. The van der Waals surface area contributed by atoms with E-state index in [1.54, 1.807) is 0 Å². The van der Waals surface area contributed by atoms with E-state index in [2.05, 4.69) is 161 Å². The molecular weight excluding hydrogens is 1100 g/mol. The van der Waals surface area contributed by atoms with E-state index in [0.717, 1.165) is 131 Å². The molecule has 0 bridgehead atoms. The summed E-state index contributed by atoms with van der Waals surface area (Å²) >= 11 is 0. The van der Waals surface area contributed by atoms with Gasteiger partial charge in [0.1, 0.15) is 23.0 Å². The molecule has 6 rings (SSSR count). The van der Waals surface area contributed by atoms with E-state index < -0.39 is 0 Å². The maximum atomic E-state index is 6.41. The number of hydrogen-bond donors (Lipinski definition) is 0. The van der Waals surface area contributed by atoms with Crippen LogP contribution in [0.3, 0.4) is 0 Å². The summed E-state index contributed by atoms with van der Waals surface area (Å²) in [5, 5.41) is 0. The molecule has 0 aliphatic heterocycles. The van der Waals surface area contributed by atoms with Crippen molar-refractivity contribution in [1.82, 2.24) is 0 Å². The third-order valence-corrected chi connectivity index (χ3v) is 17.2. The minimum absolute atomic E-state index is 0.458. The molecule has 6 aromatic rings. The second kappa shape index (κ2) is 47.3. The van der Waals surface area contributed by atoms with E-state index in [1.165, 1.54) is 180 Å². The molecule has 0 radical (unpaired) electrons. The zero-order chi connectivity index (χ0) is 62.3. The van der Waals surface area contributed by atoms with Gasteiger partial charge in [-0.2, -0.15) is 0 Å². The third kappa shape index (κ3) is 30.4. The molecule has 7 nitrogen and oxygen atoms in total. The average molecular weight is 1220 g/mol. The second-order valence-electron chi connectivity index (χ2n) is 24.9. The Morgan fingerprint density at radius 3 is 0.697 bits per heavy atom.